The summed E-state index contributed by atoms with van der Waals surface area (Å²) in [7, 11) is 0. The molecule has 0 unspecified atom stereocenters. The Morgan fingerprint density at radius 1 is 1.45 bits per heavy atom. The summed E-state index contributed by atoms with van der Waals surface area (Å²) in [6.45, 7) is 3.82. The van der Waals surface area contributed by atoms with Crippen molar-refractivity contribution in [3.63, 3.8) is 0 Å². The third-order valence-electron chi connectivity index (χ3n) is 3.65. The Hall–Kier alpha value is -1.75. The minimum absolute atomic E-state index is 0.306. The van der Waals surface area contributed by atoms with E-state index in [1.54, 1.807) is 23.9 Å². The summed E-state index contributed by atoms with van der Waals surface area (Å²) in [5.74, 6) is -0.306. The monoisotopic (exact) mass is 288 g/mol. The van der Waals surface area contributed by atoms with Crippen LogP contribution in [-0.4, -0.2) is 23.2 Å². The lowest BCUT2D eigenvalue weighted by Crippen LogP contribution is -2.20. The number of halogens is 1. The maximum absolute atomic E-state index is 14.1. The maximum atomic E-state index is 14.1. The highest BCUT2D eigenvalue weighted by molar-refractivity contribution is 8.17. The number of allylic oxidation sites excluding steroid dienone is 1. The number of rotatable bonds is 2. The van der Waals surface area contributed by atoms with E-state index in [0.29, 0.717) is 5.58 Å². The first-order chi connectivity index (χ1) is 9.78. The van der Waals surface area contributed by atoms with Crippen LogP contribution in [0.5, 0.6) is 0 Å². The van der Waals surface area contributed by atoms with Crippen LogP contribution < -0.4 is 0 Å². The fourth-order valence-corrected chi connectivity index (χ4v) is 3.90. The highest BCUT2D eigenvalue weighted by Crippen LogP contribution is 2.43. The van der Waals surface area contributed by atoms with Crippen molar-refractivity contribution in [2.75, 3.05) is 13.1 Å². The van der Waals surface area contributed by atoms with E-state index in [-0.39, 0.29) is 5.82 Å². The van der Waals surface area contributed by atoms with Crippen LogP contribution in [0.2, 0.25) is 0 Å². The molecule has 0 atom stereocenters. The lowest BCUT2D eigenvalue weighted by molar-refractivity contribution is 0.559. The summed E-state index contributed by atoms with van der Waals surface area (Å²) in [4.78, 5) is 7.95. The second-order valence-electron chi connectivity index (χ2n) is 4.84. The van der Waals surface area contributed by atoms with Gasteiger partial charge in [0.2, 0.25) is 0 Å². The van der Waals surface area contributed by atoms with Crippen LogP contribution >= 0.6 is 11.8 Å². The number of hydrogen-bond acceptors (Lipinski definition) is 4. The van der Waals surface area contributed by atoms with Crippen LogP contribution in [0.25, 0.3) is 16.7 Å². The van der Waals surface area contributed by atoms with Gasteiger partial charge in [0.15, 0.2) is 16.6 Å². The number of aliphatic imine (C=N–C) groups is 1. The zero-order chi connectivity index (χ0) is 13.7. The number of furan rings is 1. The van der Waals surface area contributed by atoms with Crippen LogP contribution in [0.3, 0.4) is 0 Å². The van der Waals surface area contributed by atoms with Gasteiger partial charge in [-0.25, -0.2) is 4.39 Å². The number of amidine groups is 1. The molecule has 2 aromatic rings. The Labute approximate surface area is 120 Å². The number of fused-ring (bicyclic) bond motifs is 2. The Morgan fingerprint density at radius 3 is 3.20 bits per heavy atom. The summed E-state index contributed by atoms with van der Waals surface area (Å²) >= 11 is 1.71. The molecule has 0 radical (unpaired) electrons. The molecule has 3 heterocycles. The average molecular weight is 288 g/mol. The molecule has 2 aliphatic heterocycles. The molecular weight excluding hydrogens is 275 g/mol. The van der Waals surface area contributed by atoms with E-state index >= 15 is 0 Å². The molecule has 5 heteroatoms. The van der Waals surface area contributed by atoms with Crippen molar-refractivity contribution in [3.05, 3.63) is 40.7 Å². The van der Waals surface area contributed by atoms with Gasteiger partial charge >= 0.3 is 0 Å². The zero-order valence-corrected chi connectivity index (χ0v) is 11.8. The van der Waals surface area contributed by atoms with E-state index in [2.05, 4.69) is 16.8 Å². The number of nitrogens with zero attached hydrogens (tertiary/aromatic N) is 2. The Morgan fingerprint density at radius 2 is 2.35 bits per heavy atom. The van der Waals surface area contributed by atoms with Crippen molar-refractivity contribution in [1.29, 1.82) is 0 Å². The number of thioether (sulfide) groups is 1. The average Bonchev–Trinajstić information content (AvgIpc) is 3.12. The summed E-state index contributed by atoms with van der Waals surface area (Å²) in [5, 5.41) is 1.85. The summed E-state index contributed by atoms with van der Waals surface area (Å²) in [6, 6.07) is 5.36. The van der Waals surface area contributed by atoms with Crippen LogP contribution in [0.15, 0.2) is 38.8 Å². The molecule has 1 aromatic carbocycles. The van der Waals surface area contributed by atoms with Crippen LogP contribution in [-0.2, 0) is 0 Å². The van der Waals surface area contributed by atoms with Gasteiger partial charge in [-0.1, -0.05) is 18.7 Å². The molecule has 0 aliphatic carbocycles. The van der Waals surface area contributed by atoms with Crippen LogP contribution in [0.1, 0.15) is 18.9 Å². The van der Waals surface area contributed by atoms with Gasteiger partial charge in [-0.15, -0.1) is 0 Å². The highest BCUT2D eigenvalue weighted by atomic mass is 32.2. The second-order valence-corrected chi connectivity index (χ2v) is 5.90. The lowest BCUT2D eigenvalue weighted by Gasteiger charge is -2.17. The van der Waals surface area contributed by atoms with Gasteiger partial charge in [0, 0.05) is 22.4 Å². The Balaban J connectivity index is 1.90. The fraction of sp³-hybridized carbons (Fsp3) is 0.267. The zero-order valence-electron chi connectivity index (χ0n) is 11.0. The first-order valence-corrected chi connectivity index (χ1v) is 7.49. The van der Waals surface area contributed by atoms with Gasteiger partial charge < -0.3 is 9.32 Å². The van der Waals surface area contributed by atoms with Crippen molar-refractivity contribution in [1.82, 2.24) is 4.90 Å². The molecule has 0 fully saturated rings. The number of benzene rings is 1. The van der Waals surface area contributed by atoms with Gasteiger partial charge in [0.05, 0.1) is 18.5 Å². The lowest BCUT2D eigenvalue weighted by atomic mass is 10.1. The number of hydrogen-bond donors (Lipinski definition) is 0. The van der Waals surface area contributed by atoms with Crippen molar-refractivity contribution < 1.29 is 8.81 Å². The van der Waals surface area contributed by atoms with Crippen LogP contribution in [0.4, 0.5) is 4.39 Å². The van der Waals surface area contributed by atoms with Crippen molar-refractivity contribution >= 4 is 33.6 Å². The predicted molar refractivity (Wildman–Crippen MR) is 80.0 cm³/mol. The van der Waals surface area contributed by atoms with Crippen molar-refractivity contribution in [2.45, 2.75) is 13.3 Å². The van der Waals surface area contributed by atoms with E-state index in [1.165, 1.54) is 11.2 Å². The van der Waals surface area contributed by atoms with E-state index in [9.17, 15) is 4.39 Å². The summed E-state index contributed by atoms with van der Waals surface area (Å²) in [6.07, 6.45) is 2.46. The Kier molecular flexibility index (Phi) is 2.63. The normalized spacial score (nSPS) is 18.1. The third kappa shape index (κ3) is 1.62. The molecule has 0 N–H and O–H groups in total. The molecule has 2 aliphatic rings. The largest absolute Gasteiger partial charge is 0.461 e. The fourth-order valence-electron chi connectivity index (χ4n) is 2.76. The molecule has 0 saturated carbocycles. The highest BCUT2D eigenvalue weighted by Gasteiger charge is 2.32. The third-order valence-corrected chi connectivity index (χ3v) is 4.91. The summed E-state index contributed by atoms with van der Waals surface area (Å²) < 4.78 is 19.3. The van der Waals surface area contributed by atoms with Gasteiger partial charge in [0.25, 0.3) is 0 Å². The van der Waals surface area contributed by atoms with Gasteiger partial charge in [-0.2, -0.15) is 0 Å². The molecule has 20 heavy (non-hydrogen) atoms. The quantitative estimate of drug-likeness (QED) is 0.834. The first-order valence-electron chi connectivity index (χ1n) is 6.68. The molecule has 4 rings (SSSR count). The Bertz CT molecular complexity index is 762. The van der Waals surface area contributed by atoms with Gasteiger partial charge in [-0.05, 0) is 24.6 Å². The minimum atomic E-state index is -0.306. The molecule has 1 aromatic heterocycles. The minimum Gasteiger partial charge on any atom is -0.461 e. The second kappa shape index (κ2) is 4.38. The first kappa shape index (κ1) is 12.0. The van der Waals surface area contributed by atoms with Crippen molar-refractivity contribution in [3.8, 4) is 0 Å². The molecular formula is C15H13FN2OS. The van der Waals surface area contributed by atoms with Crippen LogP contribution in [0, 0.1) is 5.82 Å². The van der Waals surface area contributed by atoms with Gasteiger partial charge in [0.1, 0.15) is 0 Å². The van der Waals surface area contributed by atoms with E-state index in [4.69, 9.17) is 4.42 Å². The van der Waals surface area contributed by atoms with Gasteiger partial charge in [-0.3, -0.25) is 4.99 Å². The SMILES string of the molecule is CCC1=C(c2cc(F)c3occc3c2)N2CCN=C2S1. The van der Waals surface area contributed by atoms with E-state index < -0.39 is 0 Å². The smallest absolute Gasteiger partial charge is 0.169 e. The predicted octanol–water partition coefficient (Wildman–Crippen LogP) is 4.07. The topological polar surface area (TPSA) is 28.7 Å². The van der Waals surface area contributed by atoms with Crippen molar-refractivity contribution in [2.24, 2.45) is 4.99 Å². The molecule has 3 nitrogen and oxygen atoms in total. The standard InChI is InChI=1S/C15H13FN2OS/c1-2-12-13(18-5-4-17-15(18)20-12)10-7-9-3-6-19-14(9)11(16)8-10/h3,6-8H,2,4-5H2,1H3. The summed E-state index contributed by atoms with van der Waals surface area (Å²) in [5.41, 5.74) is 2.34. The molecule has 0 amide bonds. The molecule has 0 saturated heterocycles. The van der Waals surface area contributed by atoms with E-state index in [0.717, 1.165) is 41.3 Å². The molecule has 0 bridgehead atoms. The molecule has 102 valence electrons. The maximum Gasteiger partial charge on any atom is 0.169 e. The molecule has 0 spiro atoms. The van der Waals surface area contributed by atoms with E-state index in [1.807, 2.05) is 6.07 Å².